The van der Waals surface area contributed by atoms with Crippen molar-refractivity contribution in [2.45, 2.75) is 114 Å². The smallest absolute Gasteiger partial charge is 0.331 e. The highest BCUT2D eigenvalue weighted by atomic mass is 16.7. The van der Waals surface area contributed by atoms with Crippen molar-refractivity contribution in [1.82, 2.24) is 5.06 Å². The van der Waals surface area contributed by atoms with Crippen molar-refractivity contribution in [2.24, 2.45) is 34.5 Å². The Hall–Kier alpha value is -1.11. The van der Waals surface area contributed by atoms with E-state index in [9.17, 15) is 30.3 Å². The van der Waals surface area contributed by atoms with Gasteiger partial charge in [0.1, 0.15) is 31.0 Å². The summed E-state index contributed by atoms with van der Waals surface area (Å²) >= 11 is 0. The number of hydrogen-bond acceptors (Lipinski definition) is 10. The fourth-order valence-electron chi connectivity index (χ4n) is 10.4. The summed E-state index contributed by atoms with van der Waals surface area (Å²) in [4.78, 5) is 17.6. The molecule has 0 aromatic rings. The first kappa shape index (κ1) is 29.0. The minimum atomic E-state index is -1.45. The molecule has 10 nitrogen and oxygen atoms in total. The minimum Gasteiger partial charge on any atom is -0.458 e. The number of rotatable bonds is 5. The van der Waals surface area contributed by atoms with E-state index in [4.69, 9.17) is 14.3 Å². The molecule has 6 rings (SSSR count). The fourth-order valence-corrected chi connectivity index (χ4v) is 10.4. The molecule has 0 bridgehead atoms. The van der Waals surface area contributed by atoms with Crippen LogP contribution in [-0.2, 0) is 19.1 Å². The lowest BCUT2D eigenvalue weighted by molar-refractivity contribution is -0.344. The van der Waals surface area contributed by atoms with E-state index < -0.39 is 42.9 Å². The second-order valence-corrected chi connectivity index (χ2v) is 14.0. The summed E-state index contributed by atoms with van der Waals surface area (Å²) in [6.45, 7) is 4.53. The van der Waals surface area contributed by atoms with E-state index in [1.807, 2.05) is 0 Å². The molecule has 13 atom stereocenters. The molecule has 5 N–H and O–H groups in total. The molecule has 0 spiro atoms. The second-order valence-electron chi connectivity index (χ2n) is 14.0. The van der Waals surface area contributed by atoms with Crippen LogP contribution in [0.15, 0.2) is 11.6 Å². The highest BCUT2D eigenvalue weighted by Crippen LogP contribution is 2.70. The summed E-state index contributed by atoms with van der Waals surface area (Å²) < 4.78 is 11.1. The maximum absolute atomic E-state index is 12.4. The van der Waals surface area contributed by atoms with Gasteiger partial charge in [0.25, 0.3) is 0 Å². The van der Waals surface area contributed by atoms with Crippen LogP contribution in [0.25, 0.3) is 0 Å². The molecule has 4 saturated carbocycles. The molecule has 2 heterocycles. The number of cyclic esters (lactones) is 1. The number of carbonyl (C=O) groups excluding carboxylic acids is 1. The molecule has 0 amide bonds. The number of carbonyl (C=O) groups is 1. The average Bonchev–Trinajstić information content (AvgIpc) is 3.48. The summed E-state index contributed by atoms with van der Waals surface area (Å²) in [7, 11) is 1.53. The molecular formula is C30H47NO9. The van der Waals surface area contributed by atoms with Gasteiger partial charge in [0.05, 0.1) is 19.3 Å². The Labute approximate surface area is 236 Å². The van der Waals surface area contributed by atoms with E-state index in [1.165, 1.54) is 7.11 Å². The van der Waals surface area contributed by atoms with Gasteiger partial charge in [0.15, 0.2) is 6.23 Å². The van der Waals surface area contributed by atoms with E-state index in [2.05, 4.69) is 13.8 Å². The maximum Gasteiger partial charge on any atom is 0.331 e. The lowest BCUT2D eigenvalue weighted by Crippen LogP contribution is -2.66. The predicted molar refractivity (Wildman–Crippen MR) is 142 cm³/mol. The second kappa shape index (κ2) is 10.3. The third kappa shape index (κ3) is 4.08. The van der Waals surface area contributed by atoms with Crippen LogP contribution in [0, 0.1) is 34.5 Å². The Kier molecular flexibility index (Phi) is 7.43. The molecule has 6 aliphatic rings. The SMILES string of the molecule is CON(C1O[C@H](CO)[C@H](O)[C@@H](O)[C@H]1O)[C@@H]1CC[C@@]2(C)C(CCC3C2CC[C@]2(C)[C@@H](C4=CC(=O)OC4)CC[C@]32O)C1. The highest BCUT2D eigenvalue weighted by molar-refractivity contribution is 5.85. The van der Waals surface area contributed by atoms with E-state index in [-0.39, 0.29) is 34.7 Å². The molecule has 1 saturated heterocycles. The van der Waals surface area contributed by atoms with Gasteiger partial charge in [-0.2, -0.15) is 5.06 Å². The van der Waals surface area contributed by atoms with Gasteiger partial charge < -0.3 is 35.0 Å². The number of hydrogen-bond donors (Lipinski definition) is 5. The van der Waals surface area contributed by atoms with Gasteiger partial charge in [-0.3, -0.25) is 4.84 Å². The van der Waals surface area contributed by atoms with Crippen LogP contribution < -0.4 is 0 Å². The lowest BCUT2D eigenvalue weighted by Gasteiger charge is -2.64. The van der Waals surface area contributed by atoms with Crippen molar-refractivity contribution < 1.29 is 44.6 Å². The molecule has 0 radical (unpaired) electrons. The quantitative estimate of drug-likeness (QED) is 0.244. The van der Waals surface area contributed by atoms with Crippen molar-refractivity contribution in [2.75, 3.05) is 20.3 Å². The first-order valence-electron chi connectivity index (χ1n) is 15.2. The van der Waals surface area contributed by atoms with Crippen LogP contribution in [0.3, 0.4) is 0 Å². The Bertz CT molecular complexity index is 1020. The van der Waals surface area contributed by atoms with Gasteiger partial charge in [0.2, 0.25) is 0 Å². The largest absolute Gasteiger partial charge is 0.458 e. The Morgan fingerprint density at radius 3 is 2.45 bits per heavy atom. The van der Waals surface area contributed by atoms with E-state index in [0.717, 1.165) is 63.4 Å². The summed E-state index contributed by atoms with van der Waals surface area (Å²) in [5.74, 6) is 0.949. The molecule has 5 fully saturated rings. The van der Waals surface area contributed by atoms with Crippen LogP contribution in [-0.4, -0.2) is 99.2 Å². The van der Waals surface area contributed by atoms with Crippen LogP contribution in [0.1, 0.15) is 71.6 Å². The van der Waals surface area contributed by atoms with E-state index >= 15 is 0 Å². The van der Waals surface area contributed by atoms with Crippen molar-refractivity contribution in [1.29, 1.82) is 0 Å². The average molecular weight is 566 g/mol. The topological polar surface area (TPSA) is 149 Å². The van der Waals surface area contributed by atoms with Crippen molar-refractivity contribution in [3.63, 3.8) is 0 Å². The molecule has 226 valence electrons. The Morgan fingerprint density at radius 2 is 1.77 bits per heavy atom. The van der Waals surface area contributed by atoms with Gasteiger partial charge >= 0.3 is 5.97 Å². The lowest BCUT2D eigenvalue weighted by atomic mass is 9.43. The van der Waals surface area contributed by atoms with Gasteiger partial charge in [0, 0.05) is 17.5 Å². The third-order valence-corrected chi connectivity index (χ3v) is 12.6. The number of aliphatic hydroxyl groups excluding tert-OH is 4. The fraction of sp³-hybridized carbons (Fsp3) is 0.900. The zero-order valence-corrected chi connectivity index (χ0v) is 23.9. The normalized spacial score (nSPS) is 52.5. The number of fused-ring (bicyclic) bond motifs is 5. The Morgan fingerprint density at radius 1 is 1.00 bits per heavy atom. The summed E-state index contributed by atoms with van der Waals surface area (Å²) in [6.07, 6.45) is 3.63. The van der Waals surface area contributed by atoms with Crippen molar-refractivity contribution >= 4 is 5.97 Å². The number of ether oxygens (including phenoxy) is 2. The highest BCUT2D eigenvalue weighted by Gasteiger charge is 2.68. The minimum absolute atomic E-state index is 0.0549. The van der Waals surface area contributed by atoms with E-state index in [1.54, 1.807) is 11.1 Å². The first-order chi connectivity index (χ1) is 19.0. The van der Waals surface area contributed by atoms with Gasteiger partial charge in [-0.05, 0) is 92.4 Å². The van der Waals surface area contributed by atoms with Crippen molar-refractivity contribution in [3.05, 3.63) is 11.6 Å². The van der Waals surface area contributed by atoms with Crippen LogP contribution in [0.5, 0.6) is 0 Å². The molecule has 0 aromatic carbocycles. The molecular weight excluding hydrogens is 518 g/mol. The molecule has 4 unspecified atom stereocenters. The summed E-state index contributed by atoms with van der Waals surface area (Å²) in [5.41, 5.74) is 0.0988. The number of esters is 1. The molecule has 0 aromatic heterocycles. The number of aliphatic hydroxyl groups is 5. The number of nitrogens with zero attached hydrogens (tertiary/aromatic N) is 1. The first-order valence-corrected chi connectivity index (χ1v) is 15.2. The molecule has 4 aliphatic carbocycles. The zero-order chi connectivity index (χ0) is 28.6. The predicted octanol–water partition coefficient (Wildman–Crippen LogP) is 1.28. The maximum atomic E-state index is 12.4. The molecule has 10 heteroatoms. The van der Waals surface area contributed by atoms with E-state index in [0.29, 0.717) is 18.4 Å². The molecule has 2 aliphatic heterocycles. The van der Waals surface area contributed by atoms with Crippen molar-refractivity contribution in [3.8, 4) is 0 Å². The summed E-state index contributed by atoms with van der Waals surface area (Å²) in [5, 5.41) is 55.1. The standard InChI is InChI=1S/C30H47NO9/c1-28-9-6-18(31(38-3)27-26(36)25(35)24(34)22(14-32)40-27)13-17(28)4-5-21-20(28)7-10-29(2)19(8-11-30(21,29)37)16-12-23(33)39-15-16/h12,17-22,24-27,32,34-37H,4-11,13-15H2,1-3H3/t17?,18-,19-,20?,21?,22-,24+,25-,26-,27?,28+,29-,30+/m1/s1. The summed E-state index contributed by atoms with van der Waals surface area (Å²) in [6, 6.07) is -0.0549. The van der Waals surface area contributed by atoms with Crippen LogP contribution >= 0.6 is 0 Å². The monoisotopic (exact) mass is 565 g/mol. The van der Waals surface area contributed by atoms with Crippen LogP contribution in [0.4, 0.5) is 0 Å². The van der Waals surface area contributed by atoms with Crippen LogP contribution in [0.2, 0.25) is 0 Å². The van der Waals surface area contributed by atoms with Gasteiger partial charge in [-0.25, -0.2) is 4.79 Å². The van der Waals surface area contributed by atoms with Gasteiger partial charge in [-0.1, -0.05) is 13.8 Å². The molecule has 40 heavy (non-hydrogen) atoms. The zero-order valence-electron chi connectivity index (χ0n) is 23.9. The third-order valence-electron chi connectivity index (χ3n) is 12.6. The Balaban J connectivity index is 1.19. The van der Waals surface area contributed by atoms with Gasteiger partial charge in [-0.15, -0.1) is 0 Å². The number of hydroxylamine groups is 2.